The molecule has 17 heavy (non-hydrogen) atoms. The molecule has 1 heterocycles. The van der Waals surface area contributed by atoms with Crippen LogP contribution in [0, 0.1) is 13.8 Å². The molecule has 0 aliphatic carbocycles. The van der Waals surface area contributed by atoms with E-state index in [0.29, 0.717) is 6.54 Å². The number of fused-ring (bicyclic) bond motifs is 1. The van der Waals surface area contributed by atoms with Gasteiger partial charge < -0.3 is 9.67 Å². The van der Waals surface area contributed by atoms with E-state index in [2.05, 4.69) is 0 Å². The Hall–Kier alpha value is -1.61. The number of rotatable bonds is 3. The maximum Gasteiger partial charge on any atom is 0.162 e. The Kier molecular flexibility index (Phi) is 3.03. The molecule has 3 nitrogen and oxygen atoms in total. The first-order valence-corrected chi connectivity index (χ1v) is 5.77. The fourth-order valence-electron chi connectivity index (χ4n) is 2.43. The molecule has 2 rings (SSSR count). The van der Waals surface area contributed by atoms with E-state index in [1.165, 1.54) is 0 Å². The number of hydrogen-bond acceptors (Lipinski definition) is 2. The normalized spacial score (nSPS) is 11.1. The molecule has 0 bridgehead atoms. The summed E-state index contributed by atoms with van der Waals surface area (Å²) in [7, 11) is 0. The van der Waals surface area contributed by atoms with Crippen LogP contribution in [0.25, 0.3) is 10.9 Å². The molecule has 90 valence electrons. The largest absolute Gasteiger partial charge is 0.395 e. The van der Waals surface area contributed by atoms with Crippen molar-refractivity contribution in [2.45, 2.75) is 27.3 Å². The van der Waals surface area contributed by atoms with E-state index in [1.54, 1.807) is 6.92 Å². The number of aryl methyl sites for hydroxylation is 1. The van der Waals surface area contributed by atoms with E-state index >= 15 is 0 Å². The summed E-state index contributed by atoms with van der Waals surface area (Å²) in [5.74, 6) is 0.0785. The maximum atomic E-state index is 11.7. The van der Waals surface area contributed by atoms with Crippen LogP contribution in [0.1, 0.15) is 28.5 Å². The lowest BCUT2D eigenvalue weighted by Gasteiger charge is -2.05. The standard InChI is InChI=1S/C14H17NO2/c1-9-4-5-13-12(8-9)14(11(3)17)10(2)15(13)6-7-16/h4-5,8,16H,6-7H2,1-3H3. The molecular formula is C14H17NO2. The number of aliphatic hydroxyl groups is 1. The highest BCUT2D eigenvalue weighted by Gasteiger charge is 2.16. The predicted molar refractivity (Wildman–Crippen MR) is 68.5 cm³/mol. The fraction of sp³-hybridized carbons (Fsp3) is 0.357. The number of ketones is 1. The highest BCUT2D eigenvalue weighted by molar-refractivity contribution is 6.08. The highest BCUT2D eigenvalue weighted by atomic mass is 16.3. The minimum absolute atomic E-state index is 0.0785. The van der Waals surface area contributed by atoms with Crippen molar-refractivity contribution in [2.24, 2.45) is 0 Å². The Morgan fingerprint density at radius 2 is 2.06 bits per heavy atom. The van der Waals surface area contributed by atoms with E-state index in [-0.39, 0.29) is 12.4 Å². The third kappa shape index (κ3) is 1.87. The predicted octanol–water partition coefficient (Wildman–Crippen LogP) is 2.45. The van der Waals surface area contributed by atoms with Crippen molar-refractivity contribution in [3.63, 3.8) is 0 Å². The van der Waals surface area contributed by atoms with Gasteiger partial charge in [-0.2, -0.15) is 0 Å². The quantitative estimate of drug-likeness (QED) is 0.824. The van der Waals surface area contributed by atoms with Crippen LogP contribution in [-0.4, -0.2) is 22.1 Å². The Morgan fingerprint density at radius 1 is 1.35 bits per heavy atom. The van der Waals surface area contributed by atoms with Crippen LogP contribution in [0.3, 0.4) is 0 Å². The number of Topliss-reactive ketones (excluding diaryl/α,β-unsaturated/α-hetero) is 1. The lowest BCUT2D eigenvalue weighted by molar-refractivity contribution is 0.101. The SMILES string of the molecule is CC(=O)c1c(C)n(CCO)c2ccc(C)cc12. The van der Waals surface area contributed by atoms with Crippen LogP contribution in [0.5, 0.6) is 0 Å². The van der Waals surface area contributed by atoms with E-state index in [0.717, 1.165) is 27.7 Å². The lowest BCUT2D eigenvalue weighted by Crippen LogP contribution is -2.05. The van der Waals surface area contributed by atoms with Gasteiger partial charge in [-0.15, -0.1) is 0 Å². The summed E-state index contributed by atoms with van der Waals surface area (Å²) in [6.45, 7) is 6.14. The van der Waals surface area contributed by atoms with Gasteiger partial charge in [0.1, 0.15) is 0 Å². The number of hydrogen-bond donors (Lipinski definition) is 1. The molecule has 0 aliphatic heterocycles. The lowest BCUT2D eigenvalue weighted by atomic mass is 10.1. The summed E-state index contributed by atoms with van der Waals surface area (Å²) in [4.78, 5) is 11.7. The summed E-state index contributed by atoms with van der Waals surface area (Å²) >= 11 is 0. The Morgan fingerprint density at radius 3 is 2.65 bits per heavy atom. The third-order valence-electron chi connectivity index (χ3n) is 3.15. The van der Waals surface area contributed by atoms with Gasteiger partial charge in [0.05, 0.1) is 6.61 Å². The van der Waals surface area contributed by atoms with Crippen molar-refractivity contribution >= 4 is 16.7 Å². The average Bonchev–Trinajstić information content (AvgIpc) is 2.52. The zero-order chi connectivity index (χ0) is 12.6. The van der Waals surface area contributed by atoms with Crippen LogP contribution in [0.15, 0.2) is 18.2 Å². The molecule has 0 radical (unpaired) electrons. The van der Waals surface area contributed by atoms with Crippen molar-refractivity contribution in [3.8, 4) is 0 Å². The van der Waals surface area contributed by atoms with Crippen molar-refractivity contribution in [1.82, 2.24) is 4.57 Å². The number of benzene rings is 1. The van der Waals surface area contributed by atoms with Gasteiger partial charge in [-0.05, 0) is 32.9 Å². The van der Waals surface area contributed by atoms with E-state index in [4.69, 9.17) is 5.11 Å². The summed E-state index contributed by atoms with van der Waals surface area (Å²) in [5, 5.41) is 10.1. The third-order valence-corrected chi connectivity index (χ3v) is 3.15. The van der Waals surface area contributed by atoms with Gasteiger partial charge in [0, 0.05) is 28.7 Å². The second-order valence-corrected chi connectivity index (χ2v) is 4.41. The molecule has 3 heteroatoms. The van der Waals surface area contributed by atoms with Gasteiger partial charge in [-0.3, -0.25) is 4.79 Å². The van der Waals surface area contributed by atoms with Crippen LogP contribution in [0.2, 0.25) is 0 Å². The first-order chi connectivity index (χ1) is 8.06. The molecule has 2 aromatic rings. The van der Waals surface area contributed by atoms with Gasteiger partial charge in [0.2, 0.25) is 0 Å². The second kappa shape index (κ2) is 4.34. The van der Waals surface area contributed by atoms with E-state index in [1.807, 2.05) is 36.6 Å². The molecule has 0 aliphatic rings. The zero-order valence-electron chi connectivity index (χ0n) is 10.4. The van der Waals surface area contributed by atoms with Gasteiger partial charge in [-0.1, -0.05) is 11.6 Å². The molecule has 0 fully saturated rings. The van der Waals surface area contributed by atoms with Crippen LogP contribution in [0.4, 0.5) is 0 Å². The smallest absolute Gasteiger partial charge is 0.162 e. The maximum absolute atomic E-state index is 11.7. The molecule has 0 saturated heterocycles. The van der Waals surface area contributed by atoms with Crippen molar-refractivity contribution in [3.05, 3.63) is 35.0 Å². The minimum Gasteiger partial charge on any atom is -0.395 e. The molecule has 0 unspecified atom stereocenters. The molecule has 1 N–H and O–H groups in total. The molecule has 0 spiro atoms. The van der Waals surface area contributed by atoms with E-state index in [9.17, 15) is 4.79 Å². The molecule has 1 aromatic heterocycles. The molecule has 0 saturated carbocycles. The number of aliphatic hydroxyl groups excluding tert-OH is 1. The average molecular weight is 231 g/mol. The summed E-state index contributed by atoms with van der Waals surface area (Å²) in [6.07, 6.45) is 0. The Labute approximate surface area is 101 Å². The molecule has 0 amide bonds. The summed E-state index contributed by atoms with van der Waals surface area (Å²) in [6, 6.07) is 6.08. The minimum atomic E-state index is 0.0785. The fourth-order valence-corrected chi connectivity index (χ4v) is 2.43. The topological polar surface area (TPSA) is 42.2 Å². The molecule has 0 atom stereocenters. The number of aromatic nitrogens is 1. The van der Waals surface area contributed by atoms with Crippen molar-refractivity contribution in [1.29, 1.82) is 0 Å². The monoisotopic (exact) mass is 231 g/mol. The van der Waals surface area contributed by atoms with Gasteiger partial charge >= 0.3 is 0 Å². The van der Waals surface area contributed by atoms with Crippen LogP contribution in [-0.2, 0) is 6.54 Å². The van der Waals surface area contributed by atoms with Gasteiger partial charge in [-0.25, -0.2) is 0 Å². The van der Waals surface area contributed by atoms with Crippen molar-refractivity contribution < 1.29 is 9.90 Å². The van der Waals surface area contributed by atoms with Crippen LogP contribution < -0.4 is 0 Å². The molecular weight excluding hydrogens is 214 g/mol. The Balaban J connectivity index is 2.83. The second-order valence-electron chi connectivity index (χ2n) is 4.41. The highest BCUT2D eigenvalue weighted by Crippen LogP contribution is 2.27. The summed E-state index contributed by atoms with van der Waals surface area (Å²) < 4.78 is 2.01. The first-order valence-electron chi connectivity index (χ1n) is 5.77. The zero-order valence-corrected chi connectivity index (χ0v) is 10.4. The number of nitrogens with zero attached hydrogens (tertiary/aromatic N) is 1. The van der Waals surface area contributed by atoms with E-state index < -0.39 is 0 Å². The van der Waals surface area contributed by atoms with Gasteiger partial charge in [0.15, 0.2) is 5.78 Å². The number of carbonyl (C=O) groups is 1. The first kappa shape index (κ1) is 11.9. The van der Waals surface area contributed by atoms with Gasteiger partial charge in [0.25, 0.3) is 0 Å². The van der Waals surface area contributed by atoms with Crippen molar-refractivity contribution in [2.75, 3.05) is 6.61 Å². The number of carbonyl (C=O) groups excluding carboxylic acids is 1. The molecule has 1 aromatic carbocycles. The van der Waals surface area contributed by atoms with Crippen LogP contribution >= 0.6 is 0 Å². The summed E-state index contributed by atoms with van der Waals surface area (Å²) in [5.41, 5.74) is 3.87. The Bertz CT molecular complexity index is 581.